The minimum absolute atomic E-state index is 0.287. The van der Waals surface area contributed by atoms with Crippen molar-refractivity contribution in [1.82, 2.24) is 20.2 Å². The van der Waals surface area contributed by atoms with Gasteiger partial charge in [0.25, 0.3) is 5.91 Å². The van der Waals surface area contributed by atoms with Crippen LogP contribution >= 0.6 is 0 Å². The van der Waals surface area contributed by atoms with Gasteiger partial charge in [-0.1, -0.05) is 0 Å². The maximum Gasteiger partial charge on any atom is 0.250 e. The lowest BCUT2D eigenvalue weighted by molar-refractivity contribution is -0.119. The van der Waals surface area contributed by atoms with Gasteiger partial charge in [0, 0.05) is 16.8 Å². The molecular formula is C17H15FN6O2. The lowest BCUT2D eigenvalue weighted by Gasteiger charge is -2.11. The molecule has 3 N–H and O–H groups in total. The Hall–Kier alpha value is -3.62. The zero-order chi connectivity index (χ0) is 18.7. The van der Waals surface area contributed by atoms with E-state index >= 15 is 0 Å². The second-order valence-corrected chi connectivity index (χ2v) is 5.55. The quantitative estimate of drug-likeness (QED) is 0.724. The molecule has 0 radical (unpaired) electrons. The van der Waals surface area contributed by atoms with E-state index in [4.69, 9.17) is 5.73 Å². The first-order valence-corrected chi connectivity index (χ1v) is 7.70. The number of carbonyl (C=O) groups is 2. The van der Waals surface area contributed by atoms with Crippen LogP contribution in [0.5, 0.6) is 0 Å². The predicted molar refractivity (Wildman–Crippen MR) is 91.5 cm³/mol. The highest BCUT2D eigenvalue weighted by Gasteiger charge is 2.19. The number of nitrogens with two attached hydrogens (primary N) is 1. The van der Waals surface area contributed by atoms with Crippen LogP contribution in [-0.2, 0) is 4.79 Å². The molecule has 132 valence electrons. The smallest absolute Gasteiger partial charge is 0.250 e. The number of halogens is 1. The molecule has 3 aromatic rings. The van der Waals surface area contributed by atoms with E-state index in [1.54, 1.807) is 19.1 Å². The third-order valence-electron chi connectivity index (χ3n) is 3.69. The van der Waals surface area contributed by atoms with Crippen molar-refractivity contribution in [2.45, 2.75) is 13.0 Å². The molecule has 0 spiro atoms. The normalized spacial score (nSPS) is 11.8. The Morgan fingerprint density at radius 1 is 1.12 bits per heavy atom. The van der Waals surface area contributed by atoms with E-state index in [0.717, 1.165) is 0 Å². The van der Waals surface area contributed by atoms with Gasteiger partial charge in [0.1, 0.15) is 11.9 Å². The number of hydrogen-bond acceptors (Lipinski definition) is 5. The van der Waals surface area contributed by atoms with E-state index in [-0.39, 0.29) is 17.5 Å². The van der Waals surface area contributed by atoms with E-state index < -0.39 is 11.9 Å². The number of tetrazole rings is 1. The Labute approximate surface area is 147 Å². The van der Waals surface area contributed by atoms with Gasteiger partial charge in [0.05, 0.1) is 0 Å². The van der Waals surface area contributed by atoms with Crippen LogP contribution in [0.2, 0.25) is 0 Å². The fourth-order valence-corrected chi connectivity index (χ4v) is 2.17. The Morgan fingerprint density at radius 2 is 1.77 bits per heavy atom. The zero-order valence-electron chi connectivity index (χ0n) is 13.8. The molecule has 1 aromatic heterocycles. The average molecular weight is 354 g/mol. The lowest BCUT2D eigenvalue weighted by atomic mass is 10.2. The molecule has 0 saturated carbocycles. The van der Waals surface area contributed by atoms with Crippen molar-refractivity contribution in [1.29, 1.82) is 0 Å². The number of anilines is 1. The largest absolute Gasteiger partial charge is 0.366 e. The number of amides is 2. The molecule has 1 atom stereocenters. The van der Waals surface area contributed by atoms with Crippen LogP contribution in [0.4, 0.5) is 10.1 Å². The van der Waals surface area contributed by atoms with Gasteiger partial charge in [-0.25, -0.2) is 4.39 Å². The SMILES string of the molecule is C[C@@H](C(=O)Nc1ccc(C(N)=O)cc1)n1nnc(-c2ccc(F)cc2)n1. The number of primary amides is 1. The third kappa shape index (κ3) is 3.72. The van der Waals surface area contributed by atoms with Gasteiger partial charge in [-0.2, -0.15) is 4.80 Å². The standard InChI is InChI=1S/C17H15FN6O2/c1-10(17(26)20-14-8-4-11(5-9-14)15(19)25)24-22-16(21-23-24)12-2-6-13(18)7-3-12/h2-10H,1H3,(H2,19,25)(H,20,26)/t10-/m0/s1. The number of aromatic nitrogens is 4. The number of rotatable bonds is 5. The molecule has 8 nitrogen and oxygen atoms in total. The summed E-state index contributed by atoms with van der Waals surface area (Å²) in [6, 6.07) is 11.1. The number of nitrogens with zero attached hydrogens (tertiary/aromatic N) is 4. The molecule has 0 bridgehead atoms. The topological polar surface area (TPSA) is 116 Å². The molecular weight excluding hydrogens is 339 g/mol. The van der Waals surface area contributed by atoms with Gasteiger partial charge in [-0.15, -0.1) is 10.2 Å². The van der Waals surface area contributed by atoms with E-state index in [1.165, 1.54) is 41.2 Å². The molecule has 0 fully saturated rings. The number of nitrogens with one attached hydrogen (secondary N) is 1. The fraction of sp³-hybridized carbons (Fsp3) is 0.118. The average Bonchev–Trinajstić information content (AvgIpc) is 3.12. The van der Waals surface area contributed by atoms with E-state index in [1.807, 2.05) is 0 Å². The predicted octanol–water partition coefficient (Wildman–Crippen LogP) is 1.78. The summed E-state index contributed by atoms with van der Waals surface area (Å²) in [6.45, 7) is 1.61. The first kappa shape index (κ1) is 17.2. The molecule has 3 rings (SSSR count). The van der Waals surface area contributed by atoms with Crippen molar-refractivity contribution < 1.29 is 14.0 Å². The molecule has 2 aromatic carbocycles. The summed E-state index contributed by atoms with van der Waals surface area (Å²) in [6.07, 6.45) is 0. The maximum absolute atomic E-state index is 13.0. The highest BCUT2D eigenvalue weighted by atomic mass is 19.1. The zero-order valence-corrected chi connectivity index (χ0v) is 13.8. The van der Waals surface area contributed by atoms with Crippen molar-refractivity contribution in [3.8, 4) is 11.4 Å². The summed E-state index contributed by atoms with van der Waals surface area (Å²) in [4.78, 5) is 24.6. The van der Waals surface area contributed by atoms with Gasteiger partial charge in [-0.05, 0) is 60.7 Å². The minimum Gasteiger partial charge on any atom is -0.366 e. The van der Waals surface area contributed by atoms with E-state index in [2.05, 4.69) is 20.7 Å². The maximum atomic E-state index is 13.0. The fourth-order valence-electron chi connectivity index (χ4n) is 2.17. The molecule has 0 unspecified atom stereocenters. The van der Waals surface area contributed by atoms with Crippen molar-refractivity contribution in [3.05, 3.63) is 59.9 Å². The minimum atomic E-state index is -0.729. The molecule has 0 aliphatic rings. The number of benzene rings is 2. The van der Waals surface area contributed by atoms with Crippen molar-refractivity contribution in [2.24, 2.45) is 5.73 Å². The van der Waals surface area contributed by atoms with Crippen LogP contribution in [-0.4, -0.2) is 32.0 Å². The van der Waals surface area contributed by atoms with Crippen LogP contribution < -0.4 is 11.1 Å². The highest BCUT2D eigenvalue weighted by molar-refractivity contribution is 5.95. The summed E-state index contributed by atoms with van der Waals surface area (Å²) in [5.41, 5.74) is 6.61. The molecule has 26 heavy (non-hydrogen) atoms. The first-order valence-electron chi connectivity index (χ1n) is 7.70. The molecule has 2 amide bonds. The van der Waals surface area contributed by atoms with Crippen LogP contribution in [0, 0.1) is 5.82 Å². The van der Waals surface area contributed by atoms with Crippen LogP contribution in [0.25, 0.3) is 11.4 Å². The Kier molecular flexibility index (Phi) is 4.70. The highest BCUT2D eigenvalue weighted by Crippen LogP contribution is 2.16. The van der Waals surface area contributed by atoms with Crippen molar-refractivity contribution in [3.63, 3.8) is 0 Å². The monoisotopic (exact) mass is 354 g/mol. The third-order valence-corrected chi connectivity index (χ3v) is 3.69. The van der Waals surface area contributed by atoms with Crippen LogP contribution in [0.3, 0.4) is 0 Å². The van der Waals surface area contributed by atoms with Crippen LogP contribution in [0.15, 0.2) is 48.5 Å². The van der Waals surface area contributed by atoms with Gasteiger partial charge in [0.2, 0.25) is 11.7 Å². The van der Waals surface area contributed by atoms with Gasteiger partial charge < -0.3 is 11.1 Å². The van der Waals surface area contributed by atoms with Crippen molar-refractivity contribution >= 4 is 17.5 Å². The van der Waals surface area contributed by atoms with Crippen LogP contribution in [0.1, 0.15) is 23.3 Å². The van der Waals surface area contributed by atoms with Gasteiger partial charge in [-0.3, -0.25) is 9.59 Å². The summed E-state index contributed by atoms with van der Waals surface area (Å²) in [5, 5.41) is 14.6. The van der Waals surface area contributed by atoms with E-state index in [9.17, 15) is 14.0 Å². The molecule has 9 heteroatoms. The second-order valence-electron chi connectivity index (χ2n) is 5.55. The van der Waals surface area contributed by atoms with E-state index in [0.29, 0.717) is 16.8 Å². The van der Waals surface area contributed by atoms with Crippen molar-refractivity contribution in [2.75, 3.05) is 5.32 Å². The van der Waals surface area contributed by atoms with Gasteiger partial charge >= 0.3 is 0 Å². The number of carbonyl (C=O) groups excluding carboxylic acids is 2. The Morgan fingerprint density at radius 3 is 2.38 bits per heavy atom. The second kappa shape index (κ2) is 7.09. The summed E-state index contributed by atoms with van der Waals surface area (Å²) in [5.74, 6) is -0.983. The summed E-state index contributed by atoms with van der Waals surface area (Å²) >= 11 is 0. The molecule has 0 aliphatic heterocycles. The van der Waals surface area contributed by atoms with Gasteiger partial charge in [0.15, 0.2) is 0 Å². The lowest BCUT2D eigenvalue weighted by Crippen LogP contribution is -2.25. The Balaban J connectivity index is 1.70. The number of hydrogen-bond donors (Lipinski definition) is 2. The molecule has 0 saturated heterocycles. The molecule has 1 heterocycles. The summed E-state index contributed by atoms with van der Waals surface area (Å²) in [7, 11) is 0. The molecule has 0 aliphatic carbocycles. The Bertz CT molecular complexity index is 937. The summed E-state index contributed by atoms with van der Waals surface area (Å²) < 4.78 is 13.0. The first-order chi connectivity index (χ1) is 12.4.